The normalized spacial score (nSPS) is 16.0. The van der Waals surface area contributed by atoms with Crippen molar-refractivity contribution in [2.75, 3.05) is 13.2 Å². The third kappa shape index (κ3) is 6.21. The van der Waals surface area contributed by atoms with E-state index in [1.54, 1.807) is 0 Å². The molecule has 1 atom stereocenters. The molecule has 0 radical (unpaired) electrons. The molecule has 0 aliphatic heterocycles. The van der Waals surface area contributed by atoms with Gasteiger partial charge in [-0.05, 0) is 60.8 Å². The van der Waals surface area contributed by atoms with Crippen molar-refractivity contribution >= 4 is 18.0 Å². The van der Waals surface area contributed by atoms with Crippen LogP contribution in [0, 0.1) is 5.92 Å². The van der Waals surface area contributed by atoms with Crippen LogP contribution in [0.15, 0.2) is 48.5 Å². The second-order valence-electron chi connectivity index (χ2n) is 9.87. The van der Waals surface area contributed by atoms with Gasteiger partial charge in [-0.3, -0.25) is 9.59 Å². The van der Waals surface area contributed by atoms with Crippen LogP contribution in [0.2, 0.25) is 0 Å². The third-order valence-electron chi connectivity index (χ3n) is 7.12. The smallest absolute Gasteiger partial charge is 0.407 e. The minimum absolute atomic E-state index is 0.0362. The molecule has 0 heterocycles. The number of fused-ring (bicyclic) bond motifs is 3. The molecule has 3 N–H and O–H groups in total. The summed E-state index contributed by atoms with van der Waals surface area (Å²) in [5, 5.41) is 14.9. The van der Waals surface area contributed by atoms with Crippen LogP contribution >= 0.6 is 0 Å². The second kappa shape index (κ2) is 10.9. The van der Waals surface area contributed by atoms with E-state index < -0.39 is 17.6 Å². The Kier molecular flexibility index (Phi) is 7.73. The predicted octanol–water partition coefficient (Wildman–Crippen LogP) is 4.85. The largest absolute Gasteiger partial charge is 0.481 e. The zero-order valence-electron chi connectivity index (χ0n) is 20.2. The Morgan fingerprint density at radius 1 is 0.971 bits per heavy atom. The summed E-state index contributed by atoms with van der Waals surface area (Å²) in [6.45, 7) is 2.60. The fourth-order valence-electron chi connectivity index (χ4n) is 5.13. The Morgan fingerprint density at radius 3 is 2.20 bits per heavy atom. The van der Waals surface area contributed by atoms with Crippen molar-refractivity contribution < 1.29 is 24.2 Å². The van der Waals surface area contributed by atoms with Crippen molar-refractivity contribution in [1.29, 1.82) is 0 Å². The summed E-state index contributed by atoms with van der Waals surface area (Å²) in [6, 6.07) is 16.5. The Morgan fingerprint density at radius 2 is 1.60 bits per heavy atom. The number of hydrogen-bond donors (Lipinski definition) is 3. The van der Waals surface area contributed by atoms with Gasteiger partial charge in [0.25, 0.3) is 0 Å². The van der Waals surface area contributed by atoms with Crippen molar-refractivity contribution in [2.24, 2.45) is 5.92 Å². The van der Waals surface area contributed by atoms with Gasteiger partial charge in [0.05, 0.1) is 12.0 Å². The first-order valence-electron chi connectivity index (χ1n) is 12.5. The van der Waals surface area contributed by atoms with Crippen LogP contribution in [0.3, 0.4) is 0 Å². The number of hydrogen-bond acceptors (Lipinski definition) is 4. The second-order valence-corrected chi connectivity index (χ2v) is 9.87. The molecular formula is C28H34N2O5. The quantitative estimate of drug-likeness (QED) is 0.379. The lowest BCUT2D eigenvalue weighted by atomic mass is 9.91. The lowest BCUT2D eigenvalue weighted by Crippen LogP contribution is -2.49. The van der Waals surface area contributed by atoms with Crippen LogP contribution in [0.5, 0.6) is 0 Å². The molecule has 0 spiro atoms. The van der Waals surface area contributed by atoms with Gasteiger partial charge in [0.15, 0.2) is 0 Å². The average Bonchev–Trinajstić information content (AvgIpc) is 3.64. The van der Waals surface area contributed by atoms with Crippen molar-refractivity contribution in [3.8, 4) is 11.1 Å². The first-order chi connectivity index (χ1) is 16.9. The zero-order valence-corrected chi connectivity index (χ0v) is 20.2. The first kappa shape index (κ1) is 24.8. The maximum atomic E-state index is 12.3. The van der Waals surface area contributed by atoms with Gasteiger partial charge < -0.3 is 20.5 Å². The summed E-state index contributed by atoms with van der Waals surface area (Å²) in [4.78, 5) is 35.7. The van der Waals surface area contributed by atoms with E-state index in [-0.39, 0.29) is 30.8 Å². The van der Waals surface area contributed by atoms with Crippen LogP contribution < -0.4 is 10.6 Å². The molecule has 4 rings (SSSR count). The van der Waals surface area contributed by atoms with E-state index in [2.05, 4.69) is 34.9 Å². The predicted molar refractivity (Wildman–Crippen MR) is 133 cm³/mol. The molecule has 1 fully saturated rings. The number of carboxylic acid groups (broad SMARTS) is 1. The highest BCUT2D eigenvalue weighted by Gasteiger charge is 2.43. The van der Waals surface area contributed by atoms with Crippen LogP contribution in [-0.4, -0.2) is 41.8 Å². The van der Waals surface area contributed by atoms with Crippen molar-refractivity contribution in [3.63, 3.8) is 0 Å². The number of carbonyl (C=O) groups is 3. The zero-order chi connectivity index (χ0) is 24.8. The van der Waals surface area contributed by atoms with Crippen molar-refractivity contribution in [3.05, 3.63) is 59.7 Å². The molecule has 35 heavy (non-hydrogen) atoms. The Bertz CT molecular complexity index is 1040. The van der Waals surface area contributed by atoms with Gasteiger partial charge in [0.2, 0.25) is 5.91 Å². The molecular weight excluding hydrogens is 444 g/mol. The van der Waals surface area contributed by atoms with E-state index in [9.17, 15) is 14.4 Å². The summed E-state index contributed by atoms with van der Waals surface area (Å²) in [6.07, 6.45) is 4.02. The van der Waals surface area contributed by atoms with Crippen LogP contribution in [0.1, 0.15) is 68.9 Å². The molecule has 7 heteroatoms. The molecule has 2 aliphatic carbocycles. The number of carboxylic acids is 1. The number of aliphatic carboxylic acids is 1. The highest BCUT2D eigenvalue weighted by Crippen LogP contribution is 2.44. The number of rotatable bonds is 12. The summed E-state index contributed by atoms with van der Waals surface area (Å²) in [5.41, 5.74) is 4.10. The molecule has 0 bridgehead atoms. The standard InChI is InChI=1S/C28H34N2O5/c1-28(17-26(32)33,19-14-15-19)30-25(31)13-3-2-8-16-29-27(34)35-18-24-22-11-6-4-9-20(22)21-10-5-7-12-23(21)24/h4-7,9-12,19,24H,2-3,8,13-18H2,1H3,(H,29,34)(H,30,31)(H,32,33). The minimum atomic E-state index is -0.890. The number of carbonyl (C=O) groups excluding carboxylic acids is 2. The molecule has 2 aromatic rings. The van der Waals surface area contributed by atoms with E-state index in [1.165, 1.54) is 22.3 Å². The maximum Gasteiger partial charge on any atom is 0.407 e. The highest BCUT2D eigenvalue weighted by molar-refractivity contribution is 5.79. The summed E-state index contributed by atoms with van der Waals surface area (Å²) < 4.78 is 5.54. The number of unbranched alkanes of at least 4 members (excludes halogenated alkanes) is 2. The van der Waals surface area contributed by atoms with E-state index in [4.69, 9.17) is 9.84 Å². The SMILES string of the molecule is CC(CC(=O)O)(NC(=O)CCCCCNC(=O)OCC1c2ccccc2-c2ccccc21)C1CC1. The Balaban J connectivity index is 1.13. The topological polar surface area (TPSA) is 105 Å². The number of benzene rings is 2. The van der Waals surface area contributed by atoms with Gasteiger partial charge in [0, 0.05) is 18.9 Å². The van der Waals surface area contributed by atoms with Crippen molar-refractivity contribution in [1.82, 2.24) is 10.6 Å². The molecule has 0 aromatic heterocycles. The van der Waals surface area contributed by atoms with E-state index >= 15 is 0 Å². The van der Waals surface area contributed by atoms with Crippen LogP contribution in [0.4, 0.5) is 4.79 Å². The highest BCUT2D eigenvalue weighted by atomic mass is 16.5. The molecule has 2 amide bonds. The van der Waals surface area contributed by atoms with Crippen LogP contribution in [-0.2, 0) is 14.3 Å². The van der Waals surface area contributed by atoms with Gasteiger partial charge in [-0.1, -0.05) is 55.0 Å². The first-order valence-corrected chi connectivity index (χ1v) is 12.5. The van der Waals surface area contributed by atoms with E-state index in [1.807, 2.05) is 31.2 Å². The summed E-state index contributed by atoms with van der Waals surface area (Å²) in [7, 11) is 0. The van der Waals surface area contributed by atoms with E-state index in [0.717, 1.165) is 25.7 Å². The molecule has 186 valence electrons. The van der Waals surface area contributed by atoms with Crippen LogP contribution in [0.25, 0.3) is 11.1 Å². The number of nitrogens with one attached hydrogen (secondary N) is 2. The van der Waals surface area contributed by atoms with Gasteiger partial charge in [-0.2, -0.15) is 0 Å². The van der Waals surface area contributed by atoms with Crippen molar-refractivity contribution in [2.45, 2.75) is 63.3 Å². The molecule has 7 nitrogen and oxygen atoms in total. The third-order valence-corrected chi connectivity index (χ3v) is 7.12. The fourth-order valence-corrected chi connectivity index (χ4v) is 5.13. The number of amides is 2. The summed E-state index contributed by atoms with van der Waals surface area (Å²) >= 11 is 0. The summed E-state index contributed by atoms with van der Waals surface area (Å²) in [5.74, 6) is -0.706. The Labute approximate surface area is 206 Å². The van der Waals surface area contributed by atoms with Gasteiger partial charge in [-0.15, -0.1) is 0 Å². The average molecular weight is 479 g/mol. The lowest BCUT2D eigenvalue weighted by molar-refractivity contribution is -0.139. The van der Waals surface area contributed by atoms with Gasteiger partial charge in [0.1, 0.15) is 6.61 Å². The van der Waals surface area contributed by atoms with E-state index in [0.29, 0.717) is 19.4 Å². The molecule has 2 aliphatic rings. The Hall–Kier alpha value is -3.35. The van der Waals surface area contributed by atoms with Gasteiger partial charge in [-0.25, -0.2) is 4.79 Å². The molecule has 2 aromatic carbocycles. The molecule has 1 unspecified atom stereocenters. The monoisotopic (exact) mass is 478 g/mol. The number of alkyl carbamates (subject to hydrolysis) is 1. The van der Waals surface area contributed by atoms with Gasteiger partial charge >= 0.3 is 12.1 Å². The fraction of sp³-hybridized carbons (Fsp3) is 0.464. The molecule has 0 saturated heterocycles. The number of ether oxygens (including phenoxy) is 1. The lowest BCUT2D eigenvalue weighted by Gasteiger charge is -2.29. The molecule has 1 saturated carbocycles. The maximum absolute atomic E-state index is 12.3. The minimum Gasteiger partial charge on any atom is -0.481 e.